The molecule has 18 heavy (non-hydrogen) atoms. The Morgan fingerprint density at radius 1 is 1.22 bits per heavy atom. The first kappa shape index (κ1) is 12.3. The standard InChI is InChI=1S/C13H16N4O/c1-3-6-15-13-12(18-2)11(16-9-17-13)10-4-7-14-8-5-10/h4-5,7-9H,3,6H2,1-2H3,(H,15,16,17). The van der Waals surface area contributed by atoms with E-state index >= 15 is 0 Å². The monoisotopic (exact) mass is 244 g/mol. The molecule has 2 aromatic heterocycles. The molecule has 0 fully saturated rings. The summed E-state index contributed by atoms with van der Waals surface area (Å²) in [5, 5.41) is 3.23. The second kappa shape index (κ2) is 5.95. The molecule has 0 aliphatic heterocycles. The van der Waals surface area contributed by atoms with E-state index in [0.717, 1.165) is 30.0 Å². The van der Waals surface area contributed by atoms with Crippen molar-refractivity contribution in [1.29, 1.82) is 0 Å². The molecule has 2 heterocycles. The molecule has 0 spiro atoms. The van der Waals surface area contributed by atoms with Crippen molar-refractivity contribution >= 4 is 5.82 Å². The van der Waals surface area contributed by atoms with Crippen LogP contribution in [0.4, 0.5) is 5.82 Å². The summed E-state index contributed by atoms with van der Waals surface area (Å²) in [6.07, 6.45) is 6.03. The number of methoxy groups -OCH3 is 1. The van der Waals surface area contributed by atoms with E-state index in [1.807, 2.05) is 12.1 Å². The Hall–Kier alpha value is -2.17. The van der Waals surface area contributed by atoms with Crippen molar-refractivity contribution in [1.82, 2.24) is 15.0 Å². The fourth-order valence-corrected chi connectivity index (χ4v) is 1.65. The normalized spacial score (nSPS) is 10.1. The van der Waals surface area contributed by atoms with E-state index in [4.69, 9.17) is 4.74 Å². The number of ether oxygens (including phenoxy) is 1. The molecular formula is C13H16N4O. The fraction of sp³-hybridized carbons (Fsp3) is 0.308. The van der Waals surface area contributed by atoms with E-state index in [2.05, 4.69) is 27.2 Å². The molecule has 0 bridgehead atoms. The third kappa shape index (κ3) is 2.56. The Morgan fingerprint density at radius 2 is 2.00 bits per heavy atom. The van der Waals surface area contributed by atoms with Crippen LogP contribution in [0, 0.1) is 0 Å². The minimum atomic E-state index is 0.664. The van der Waals surface area contributed by atoms with Gasteiger partial charge in [-0.25, -0.2) is 9.97 Å². The summed E-state index contributed by atoms with van der Waals surface area (Å²) in [6, 6.07) is 3.79. The molecule has 0 saturated heterocycles. The van der Waals surface area contributed by atoms with Crippen LogP contribution < -0.4 is 10.1 Å². The summed E-state index contributed by atoms with van der Waals surface area (Å²) in [5.74, 6) is 1.39. The molecular weight excluding hydrogens is 228 g/mol. The Labute approximate surface area is 106 Å². The van der Waals surface area contributed by atoms with Gasteiger partial charge >= 0.3 is 0 Å². The van der Waals surface area contributed by atoms with E-state index in [-0.39, 0.29) is 0 Å². The molecule has 1 N–H and O–H groups in total. The predicted molar refractivity (Wildman–Crippen MR) is 70.6 cm³/mol. The first-order valence-electron chi connectivity index (χ1n) is 5.90. The van der Waals surface area contributed by atoms with Crippen molar-refractivity contribution in [3.05, 3.63) is 30.9 Å². The number of hydrogen-bond donors (Lipinski definition) is 1. The zero-order chi connectivity index (χ0) is 12.8. The fourth-order valence-electron chi connectivity index (χ4n) is 1.65. The minimum Gasteiger partial charge on any atom is -0.491 e. The van der Waals surface area contributed by atoms with Crippen molar-refractivity contribution in [3.63, 3.8) is 0 Å². The minimum absolute atomic E-state index is 0.664. The van der Waals surface area contributed by atoms with Crippen LogP contribution in [0.25, 0.3) is 11.3 Å². The number of rotatable bonds is 5. The van der Waals surface area contributed by atoms with Gasteiger partial charge in [-0.15, -0.1) is 0 Å². The van der Waals surface area contributed by atoms with Crippen LogP contribution in [0.2, 0.25) is 0 Å². The molecule has 2 rings (SSSR count). The second-order valence-electron chi connectivity index (χ2n) is 3.77. The molecule has 0 atom stereocenters. The van der Waals surface area contributed by atoms with Gasteiger partial charge in [-0.05, 0) is 18.6 Å². The smallest absolute Gasteiger partial charge is 0.187 e. The van der Waals surface area contributed by atoms with Crippen molar-refractivity contribution in [2.75, 3.05) is 19.0 Å². The molecule has 0 aromatic carbocycles. The molecule has 2 aromatic rings. The second-order valence-corrected chi connectivity index (χ2v) is 3.77. The van der Waals surface area contributed by atoms with E-state index < -0.39 is 0 Å². The maximum atomic E-state index is 5.42. The SMILES string of the molecule is CCCNc1ncnc(-c2ccncc2)c1OC. The van der Waals surface area contributed by atoms with Gasteiger partial charge in [0.2, 0.25) is 0 Å². The van der Waals surface area contributed by atoms with Gasteiger partial charge in [-0.3, -0.25) is 4.98 Å². The molecule has 5 heteroatoms. The zero-order valence-corrected chi connectivity index (χ0v) is 10.6. The summed E-state index contributed by atoms with van der Waals surface area (Å²) < 4.78 is 5.42. The number of anilines is 1. The summed E-state index contributed by atoms with van der Waals surface area (Å²) in [4.78, 5) is 12.5. The van der Waals surface area contributed by atoms with Crippen LogP contribution >= 0.6 is 0 Å². The van der Waals surface area contributed by atoms with Gasteiger partial charge in [0.15, 0.2) is 11.6 Å². The van der Waals surface area contributed by atoms with Gasteiger partial charge in [-0.2, -0.15) is 0 Å². The van der Waals surface area contributed by atoms with Crippen molar-refractivity contribution in [2.24, 2.45) is 0 Å². The van der Waals surface area contributed by atoms with Crippen molar-refractivity contribution in [2.45, 2.75) is 13.3 Å². The number of nitrogens with one attached hydrogen (secondary N) is 1. The average molecular weight is 244 g/mol. The molecule has 0 aliphatic rings. The summed E-state index contributed by atoms with van der Waals surface area (Å²) in [7, 11) is 1.63. The Bertz CT molecular complexity index is 502. The van der Waals surface area contributed by atoms with E-state index in [1.54, 1.807) is 19.5 Å². The van der Waals surface area contributed by atoms with E-state index in [1.165, 1.54) is 6.33 Å². The summed E-state index contributed by atoms with van der Waals surface area (Å²) in [5.41, 5.74) is 1.73. The van der Waals surface area contributed by atoms with Crippen LogP contribution in [0.15, 0.2) is 30.9 Å². The zero-order valence-electron chi connectivity index (χ0n) is 10.6. The van der Waals surface area contributed by atoms with Gasteiger partial charge in [0, 0.05) is 24.5 Å². The van der Waals surface area contributed by atoms with Crippen LogP contribution in [0.1, 0.15) is 13.3 Å². The largest absolute Gasteiger partial charge is 0.491 e. The van der Waals surface area contributed by atoms with Crippen LogP contribution in [0.3, 0.4) is 0 Å². The molecule has 0 amide bonds. The molecule has 0 radical (unpaired) electrons. The van der Waals surface area contributed by atoms with Gasteiger partial charge in [0.05, 0.1) is 7.11 Å². The highest BCUT2D eigenvalue weighted by atomic mass is 16.5. The van der Waals surface area contributed by atoms with E-state index in [9.17, 15) is 0 Å². The lowest BCUT2D eigenvalue weighted by Gasteiger charge is -2.12. The average Bonchev–Trinajstić information content (AvgIpc) is 2.45. The van der Waals surface area contributed by atoms with Gasteiger partial charge < -0.3 is 10.1 Å². The maximum absolute atomic E-state index is 5.42. The van der Waals surface area contributed by atoms with Crippen molar-refractivity contribution < 1.29 is 4.74 Å². The third-order valence-corrected chi connectivity index (χ3v) is 2.50. The number of aromatic nitrogens is 3. The lowest BCUT2D eigenvalue weighted by molar-refractivity contribution is 0.414. The van der Waals surface area contributed by atoms with Crippen LogP contribution in [-0.4, -0.2) is 28.6 Å². The van der Waals surface area contributed by atoms with Gasteiger partial charge in [0.1, 0.15) is 12.0 Å². The summed E-state index contributed by atoms with van der Waals surface area (Å²) >= 11 is 0. The first-order chi connectivity index (χ1) is 8.86. The highest BCUT2D eigenvalue weighted by Gasteiger charge is 2.12. The van der Waals surface area contributed by atoms with E-state index in [0.29, 0.717) is 5.75 Å². The molecule has 0 aliphatic carbocycles. The quantitative estimate of drug-likeness (QED) is 0.875. The highest BCUT2D eigenvalue weighted by Crippen LogP contribution is 2.32. The Kier molecular flexibility index (Phi) is 4.06. The van der Waals surface area contributed by atoms with Gasteiger partial charge in [0.25, 0.3) is 0 Å². The lowest BCUT2D eigenvalue weighted by atomic mass is 10.2. The summed E-state index contributed by atoms with van der Waals surface area (Å²) in [6.45, 7) is 2.95. The highest BCUT2D eigenvalue weighted by molar-refractivity contribution is 5.72. The van der Waals surface area contributed by atoms with Crippen molar-refractivity contribution in [3.8, 4) is 17.0 Å². The molecule has 94 valence electrons. The topological polar surface area (TPSA) is 59.9 Å². The number of pyridine rings is 1. The third-order valence-electron chi connectivity index (χ3n) is 2.50. The van der Waals surface area contributed by atoms with Gasteiger partial charge in [-0.1, -0.05) is 6.92 Å². The predicted octanol–water partition coefficient (Wildman–Crippen LogP) is 2.37. The maximum Gasteiger partial charge on any atom is 0.187 e. The van der Waals surface area contributed by atoms with Crippen LogP contribution in [0.5, 0.6) is 5.75 Å². The Morgan fingerprint density at radius 3 is 2.67 bits per heavy atom. The lowest BCUT2D eigenvalue weighted by Crippen LogP contribution is -2.05. The first-order valence-corrected chi connectivity index (χ1v) is 5.90. The number of hydrogen-bond acceptors (Lipinski definition) is 5. The molecule has 0 saturated carbocycles. The number of nitrogens with zero attached hydrogens (tertiary/aromatic N) is 3. The molecule has 0 unspecified atom stereocenters. The van der Waals surface area contributed by atoms with Crippen LogP contribution in [-0.2, 0) is 0 Å². The Balaban J connectivity index is 2.41. The molecule has 5 nitrogen and oxygen atoms in total.